The smallest absolute Gasteiger partial charge is 0.240 e. The third-order valence-electron chi connectivity index (χ3n) is 3.05. The van der Waals surface area contributed by atoms with Gasteiger partial charge in [0.05, 0.1) is 18.2 Å². The highest BCUT2D eigenvalue weighted by Gasteiger charge is 2.23. The third kappa shape index (κ3) is 2.73. The van der Waals surface area contributed by atoms with Gasteiger partial charge in [-0.2, -0.15) is 0 Å². The van der Waals surface area contributed by atoms with Crippen LogP contribution in [0.1, 0.15) is 12.8 Å². The predicted octanol–water partition coefficient (Wildman–Crippen LogP) is 0.806. The molecule has 0 bridgehead atoms. The molecule has 2 aromatic rings. The number of hydrogen-bond donors (Lipinski definition) is 2. The highest BCUT2D eigenvalue weighted by Crippen LogP contribution is 2.21. The summed E-state index contributed by atoms with van der Waals surface area (Å²) in [4.78, 5) is 19.9. The monoisotopic (exact) mass is 257 g/mol. The van der Waals surface area contributed by atoms with Gasteiger partial charge in [-0.25, -0.2) is 9.97 Å². The van der Waals surface area contributed by atoms with E-state index in [2.05, 4.69) is 15.3 Å². The maximum atomic E-state index is 11.8. The van der Waals surface area contributed by atoms with Crippen LogP contribution in [0.3, 0.4) is 0 Å². The molecule has 1 aliphatic rings. The van der Waals surface area contributed by atoms with Gasteiger partial charge in [0.1, 0.15) is 12.4 Å². The van der Waals surface area contributed by atoms with E-state index in [1.54, 1.807) is 24.8 Å². The van der Waals surface area contributed by atoms with Crippen LogP contribution < -0.4 is 11.1 Å². The molecular weight excluding hydrogens is 242 g/mol. The summed E-state index contributed by atoms with van der Waals surface area (Å²) in [7, 11) is 0. The summed E-state index contributed by atoms with van der Waals surface area (Å²) in [6.45, 7) is 0.272. The lowest BCUT2D eigenvalue weighted by Gasteiger charge is -2.08. The summed E-state index contributed by atoms with van der Waals surface area (Å²) in [6.07, 6.45) is 7.19. The molecule has 0 unspecified atom stereocenters. The maximum Gasteiger partial charge on any atom is 0.240 e. The number of carbonyl (C=O) groups excluding carboxylic acids is 1. The highest BCUT2D eigenvalue weighted by molar-refractivity contribution is 5.77. The number of pyridine rings is 1. The standard InChI is InChI=1S/C13H15N5O/c14-12-5-9(3-4-16-12)11-6-15-8-18(11)7-13(19)17-10-1-2-10/h3-6,8,10H,1-2,7H2,(H2,14,16)(H,17,19). The molecule has 1 amide bonds. The van der Waals surface area contributed by atoms with Gasteiger partial charge >= 0.3 is 0 Å². The van der Waals surface area contributed by atoms with E-state index in [-0.39, 0.29) is 12.5 Å². The number of nitrogen functional groups attached to an aromatic ring is 1. The zero-order valence-electron chi connectivity index (χ0n) is 10.4. The number of imidazole rings is 1. The topological polar surface area (TPSA) is 85.8 Å². The Morgan fingerprint density at radius 1 is 1.53 bits per heavy atom. The average Bonchev–Trinajstić information content (AvgIpc) is 3.05. The highest BCUT2D eigenvalue weighted by atomic mass is 16.2. The maximum absolute atomic E-state index is 11.8. The van der Waals surface area contributed by atoms with Crippen molar-refractivity contribution in [2.75, 3.05) is 5.73 Å². The average molecular weight is 257 g/mol. The van der Waals surface area contributed by atoms with Gasteiger partial charge in [-0.15, -0.1) is 0 Å². The molecule has 0 aromatic carbocycles. The number of nitrogens with two attached hydrogens (primary N) is 1. The van der Waals surface area contributed by atoms with Gasteiger partial charge in [-0.05, 0) is 25.0 Å². The van der Waals surface area contributed by atoms with Crippen LogP contribution in [0.2, 0.25) is 0 Å². The molecule has 98 valence electrons. The van der Waals surface area contributed by atoms with E-state index in [0.717, 1.165) is 24.1 Å². The van der Waals surface area contributed by atoms with E-state index >= 15 is 0 Å². The Morgan fingerprint density at radius 2 is 2.37 bits per heavy atom. The number of amides is 1. The van der Waals surface area contributed by atoms with Crippen molar-refractivity contribution in [3.63, 3.8) is 0 Å². The molecule has 1 fully saturated rings. The minimum Gasteiger partial charge on any atom is -0.384 e. The molecule has 1 saturated carbocycles. The fourth-order valence-corrected chi connectivity index (χ4v) is 1.95. The van der Waals surface area contributed by atoms with Gasteiger partial charge in [-0.1, -0.05) is 0 Å². The van der Waals surface area contributed by atoms with Crippen molar-refractivity contribution >= 4 is 11.7 Å². The van der Waals surface area contributed by atoms with Gasteiger partial charge in [0.25, 0.3) is 0 Å². The van der Waals surface area contributed by atoms with Crippen molar-refractivity contribution in [2.45, 2.75) is 25.4 Å². The Labute approximate surface area is 110 Å². The van der Waals surface area contributed by atoms with Crippen LogP contribution in [0, 0.1) is 0 Å². The molecule has 0 atom stereocenters. The van der Waals surface area contributed by atoms with E-state index in [1.807, 2.05) is 10.6 Å². The molecule has 0 saturated heterocycles. The predicted molar refractivity (Wildman–Crippen MR) is 71.0 cm³/mol. The van der Waals surface area contributed by atoms with Crippen LogP contribution in [-0.2, 0) is 11.3 Å². The largest absolute Gasteiger partial charge is 0.384 e. The zero-order chi connectivity index (χ0) is 13.2. The lowest BCUT2D eigenvalue weighted by atomic mass is 10.2. The second kappa shape index (κ2) is 4.72. The summed E-state index contributed by atoms with van der Waals surface area (Å²) in [5.74, 6) is 0.469. The Morgan fingerprint density at radius 3 is 3.11 bits per heavy atom. The second-order valence-electron chi connectivity index (χ2n) is 4.72. The number of nitrogens with one attached hydrogen (secondary N) is 1. The van der Waals surface area contributed by atoms with Crippen LogP contribution in [0.25, 0.3) is 11.3 Å². The Kier molecular flexibility index (Phi) is 2.91. The molecule has 0 aliphatic heterocycles. The van der Waals surface area contributed by atoms with Gasteiger partial charge in [0, 0.05) is 17.8 Å². The molecule has 6 nitrogen and oxygen atoms in total. The Balaban J connectivity index is 1.79. The van der Waals surface area contributed by atoms with E-state index in [4.69, 9.17) is 5.73 Å². The van der Waals surface area contributed by atoms with Gasteiger partial charge in [0.15, 0.2) is 0 Å². The van der Waals surface area contributed by atoms with Crippen molar-refractivity contribution < 1.29 is 4.79 Å². The van der Waals surface area contributed by atoms with Gasteiger partial charge in [0.2, 0.25) is 5.91 Å². The summed E-state index contributed by atoms with van der Waals surface area (Å²) >= 11 is 0. The van der Waals surface area contributed by atoms with Gasteiger partial charge in [-0.3, -0.25) is 4.79 Å². The molecule has 0 spiro atoms. The molecular formula is C13H15N5O. The van der Waals surface area contributed by atoms with Gasteiger partial charge < -0.3 is 15.6 Å². The van der Waals surface area contributed by atoms with E-state index in [0.29, 0.717) is 11.9 Å². The second-order valence-corrected chi connectivity index (χ2v) is 4.72. The molecule has 3 rings (SSSR count). The minimum absolute atomic E-state index is 0.0174. The van der Waals surface area contributed by atoms with Crippen molar-refractivity contribution in [3.8, 4) is 11.3 Å². The Hall–Kier alpha value is -2.37. The summed E-state index contributed by atoms with van der Waals surface area (Å²) < 4.78 is 1.81. The summed E-state index contributed by atoms with van der Waals surface area (Å²) in [5, 5.41) is 2.96. The zero-order valence-corrected chi connectivity index (χ0v) is 10.4. The number of carbonyl (C=O) groups is 1. The molecule has 6 heteroatoms. The normalized spacial score (nSPS) is 14.3. The first-order valence-electron chi connectivity index (χ1n) is 6.24. The first-order valence-corrected chi connectivity index (χ1v) is 6.24. The van der Waals surface area contributed by atoms with E-state index < -0.39 is 0 Å². The fourth-order valence-electron chi connectivity index (χ4n) is 1.95. The fraction of sp³-hybridized carbons (Fsp3) is 0.308. The molecule has 0 radical (unpaired) electrons. The summed E-state index contributed by atoms with van der Waals surface area (Å²) in [5.41, 5.74) is 7.44. The number of rotatable bonds is 4. The van der Waals surface area contributed by atoms with Crippen LogP contribution in [0.15, 0.2) is 30.9 Å². The number of anilines is 1. The van der Waals surface area contributed by atoms with Crippen LogP contribution >= 0.6 is 0 Å². The molecule has 2 aromatic heterocycles. The lowest BCUT2D eigenvalue weighted by Crippen LogP contribution is -2.29. The SMILES string of the molecule is Nc1cc(-c2cncn2CC(=O)NC2CC2)ccn1. The number of hydrogen-bond acceptors (Lipinski definition) is 4. The minimum atomic E-state index is 0.0174. The van der Waals surface area contributed by atoms with E-state index in [1.165, 1.54) is 0 Å². The van der Waals surface area contributed by atoms with Crippen molar-refractivity contribution in [1.29, 1.82) is 0 Å². The van der Waals surface area contributed by atoms with Crippen molar-refractivity contribution in [1.82, 2.24) is 19.9 Å². The first kappa shape index (κ1) is 11.7. The molecule has 3 N–H and O–H groups in total. The Bertz CT molecular complexity index is 603. The van der Waals surface area contributed by atoms with Crippen LogP contribution in [-0.4, -0.2) is 26.5 Å². The summed E-state index contributed by atoms with van der Waals surface area (Å²) in [6, 6.07) is 3.99. The van der Waals surface area contributed by atoms with Crippen LogP contribution in [0.5, 0.6) is 0 Å². The first-order chi connectivity index (χ1) is 9.22. The lowest BCUT2D eigenvalue weighted by molar-refractivity contribution is -0.121. The quantitative estimate of drug-likeness (QED) is 0.848. The molecule has 2 heterocycles. The van der Waals surface area contributed by atoms with E-state index in [9.17, 15) is 4.79 Å². The number of nitrogens with zero attached hydrogens (tertiary/aromatic N) is 3. The number of aromatic nitrogens is 3. The molecule has 1 aliphatic carbocycles. The third-order valence-corrected chi connectivity index (χ3v) is 3.05. The van der Waals surface area contributed by atoms with Crippen molar-refractivity contribution in [3.05, 3.63) is 30.9 Å². The molecule has 19 heavy (non-hydrogen) atoms. The van der Waals surface area contributed by atoms with Crippen LogP contribution in [0.4, 0.5) is 5.82 Å². The van der Waals surface area contributed by atoms with Crippen molar-refractivity contribution in [2.24, 2.45) is 0 Å².